The van der Waals surface area contributed by atoms with E-state index >= 15 is 0 Å². The van der Waals surface area contributed by atoms with Crippen molar-refractivity contribution >= 4 is 10.8 Å². The maximum Gasteiger partial charge on any atom is 4.00 e. The van der Waals surface area contributed by atoms with Crippen LogP contribution in [0.3, 0.4) is 0 Å². The molecule has 92 valence electrons. The molecule has 0 N–H and O–H groups in total. The van der Waals surface area contributed by atoms with Crippen molar-refractivity contribution in [3.63, 3.8) is 0 Å². The molecule has 0 spiro atoms. The number of rotatable bonds is 2. The van der Waals surface area contributed by atoms with Crippen LogP contribution < -0.4 is 37.2 Å². The minimum Gasteiger partial charge on any atom is -1.00 e. The molecule has 0 bridgehead atoms. The van der Waals surface area contributed by atoms with E-state index in [9.17, 15) is 0 Å². The Hall–Kier alpha value is 0.414. The molecule has 0 aromatic heterocycles. The zero-order valence-corrected chi connectivity index (χ0v) is 13.8. The Balaban J connectivity index is -0.000000490. The van der Waals surface area contributed by atoms with Crippen molar-refractivity contribution in [3.05, 3.63) is 41.5 Å². The summed E-state index contributed by atoms with van der Waals surface area (Å²) in [6.07, 6.45) is 2.26. The Bertz CT molecular complexity index is 386. The van der Waals surface area contributed by atoms with Crippen LogP contribution in [-0.2, 0) is 34.6 Å². The van der Waals surface area contributed by atoms with Crippen LogP contribution in [0, 0.1) is 0 Å². The van der Waals surface area contributed by atoms with Gasteiger partial charge >= 0.3 is 21.7 Å². The van der Waals surface area contributed by atoms with E-state index in [-0.39, 0.29) is 58.9 Å². The number of fused-ring (bicyclic) bond motifs is 1. The zero-order chi connectivity index (χ0) is 9.26. The molecule has 0 aliphatic rings. The fourth-order valence-corrected chi connectivity index (χ4v) is 1.98. The summed E-state index contributed by atoms with van der Waals surface area (Å²) in [6, 6.07) is 11.1. The molecule has 0 radical (unpaired) electrons. The SMILES string of the molecule is CCc1ccc(CC)c2[cH-]ccc12.[Cl-].[Cl-].[Cl-].[Ti+4]. The monoisotopic (exact) mass is 324 g/mol. The molecular weight excluding hydrogens is 310 g/mol. The van der Waals surface area contributed by atoms with Gasteiger partial charge in [-0.3, -0.25) is 0 Å². The predicted octanol–water partition coefficient (Wildman–Crippen LogP) is -5.31. The summed E-state index contributed by atoms with van der Waals surface area (Å²) < 4.78 is 0. The van der Waals surface area contributed by atoms with Crippen molar-refractivity contribution in [2.75, 3.05) is 0 Å². The van der Waals surface area contributed by atoms with Gasteiger partial charge in [-0.2, -0.15) is 12.1 Å². The molecular formula is C13H15Cl3Ti. The smallest absolute Gasteiger partial charge is 1.00 e. The molecule has 0 atom stereocenters. The number of hydrogen-bond donors (Lipinski definition) is 0. The fourth-order valence-electron chi connectivity index (χ4n) is 1.98. The second kappa shape index (κ2) is 10.3. The summed E-state index contributed by atoms with van der Waals surface area (Å²) in [6.45, 7) is 4.43. The van der Waals surface area contributed by atoms with Crippen molar-refractivity contribution in [1.29, 1.82) is 0 Å². The summed E-state index contributed by atoms with van der Waals surface area (Å²) in [4.78, 5) is 0. The number of halogens is 3. The number of aryl methyl sites for hydroxylation is 2. The Morgan fingerprint density at radius 1 is 0.882 bits per heavy atom. The van der Waals surface area contributed by atoms with Crippen LogP contribution in [-0.4, -0.2) is 0 Å². The van der Waals surface area contributed by atoms with Gasteiger partial charge in [0.1, 0.15) is 0 Å². The van der Waals surface area contributed by atoms with Crippen molar-refractivity contribution in [3.8, 4) is 0 Å². The molecule has 2 rings (SSSR count). The second-order valence-electron chi connectivity index (χ2n) is 3.44. The average molecular weight is 325 g/mol. The first-order chi connectivity index (χ1) is 6.36. The van der Waals surface area contributed by atoms with Crippen molar-refractivity contribution in [2.45, 2.75) is 26.7 Å². The van der Waals surface area contributed by atoms with Gasteiger partial charge in [0.25, 0.3) is 0 Å². The molecule has 2 aromatic carbocycles. The van der Waals surface area contributed by atoms with E-state index in [1.165, 1.54) is 21.9 Å². The third-order valence-electron chi connectivity index (χ3n) is 2.76. The van der Waals surface area contributed by atoms with Crippen LogP contribution in [0.15, 0.2) is 30.3 Å². The van der Waals surface area contributed by atoms with Gasteiger partial charge in [0.15, 0.2) is 0 Å². The Morgan fingerprint density at radius 3 is 1.94 bits per heavy atom. The van der Waals surface area contributed by atoms with Gasteiger partial charge in [-0.15, -0.1) is 28.5 Å². The van der Waals surface area contributed by atoms with E-state index in [4.69, 9.17) is 0 Å². The molecule has 0 fully saturated rings. The molecule has 0 unspecified atom stereocenters. The summed E-state index contributed by atoms with van der Waals surface area (Å²) in [5, 5.41) is 2.89. The van der Waals surface area contributed by atoms with Gasteiger partial charge in [0.05, 0.1) is 0 Å². The van der Waals surface area contributed by atoms with Gasteiger partial charge in [-0.05, 0) is 6.42 Å². The quantitative estimate of drug-likeness (QED) is 0.382. The van der Waals surface area contributed by atoms with Crippen LogP contribution in [0.5, 0.6) is 0 Å². The van der Waals surface area contributed by atoms with Gasteiger partial charge in [-0.1, -0.05) is 31.9 Å². The van der Waals surface area contributed by atoms with Crippen LogP contribution in [0.1, 0.15) is 25.0 Å². The topological polar surface area (TPSA) is 0 Å². The molecule has 17 heavy (non-hydrogen) atoms. The molecule has 2 aromatic rings. The first kappa shape index (κ1) is 22.6. The first-order valence-electron chi connectivity index (χ1n) is 5.03. The standard InChI is InChI=1S/C13H15.3ClH.Ti/c1-3-10-8-9-11(4-2)13-7-5-6-12(10)13;;;;/h5-9H,3-4H2,1-2H3;3*1H;/q-1;;;;+4/p-3. The molecule has 0 aliphatic carbocycles. The zero-order valence-electron chi connectivity index (χ0n) is 9.93. The third-order valence-corrected chi connectivity index (χ3v) is 2.76. The summed E-state index contributed by atoms with van der Waals surface area (Å²) in [7, 11) is 0. The normalized spacial score (nSPS) is 8.35. The maximum atomic E-state index is 2.27. The van der Waals surface area contributed by atoms with Crippen LogP contribution in [0.4, 0.5) is 0 Å². The average Bonchev–Trinajstić information content (AvgIpc) is 2.64. The van der Waals surface area contributed by atoms with Gasteiger partial charge < -0.3 is 37.2 Å². The number of benzene rings is 1. The van der Waals surface area contributed by atoms with E-state index in [2.05, 4.69) is 44.2 Å². The first-order valence-corrected chi connectivity index (χ1v) is 5.03. The van der Waals surface area contributed by atoms with E-state index in [1.54, 1.807) is 0 Å². The largest absolute Gasteiger partial charge is 4.00 e. The molecule has 0 saturated heterocycles. The fraction of sp³-hybridized carbons (Fsp3) is 0.308. The van der Waals surface area contributed by atoms with Gasteiger partial charge in [0.2, 0.25) is 0 Å². The molecule has 0 amide bonds. The molecule has 0 nitrogen and oxygen atoms in total. The third kappa shape index (κ3) is 4.54. The van der Waals surface area contributed by atoms with Gasteiger partial charge in [0, 0.05) is 0 Å². The van der Waals surface area contributed by atoms with E-state index < -0.39 is 0 Å². The Labute approximate surface area is 137 Å². The minimum absolute atomic E-state index is 0. The minimum atomic E-state index is 0. The Morgan fingerprint density at radius 2 is 1.41 bits per heavy atom. The van der Waals surface area contributed by atoms with Crippen molar-refractivity contribution in [2.24, 2.45) is 0 Å². The summed E-state index contributed by atoms with van der Waals surface area (Å²) in [5.74, 6) is 0. The number of hydrogen-bond acceptors (Lipinski definition) is 0. The second-order valence-corrected chi connectivity index (χ2v) is 3.44. The van der Waals surface area contributed by atoms with Crippen LogP contribution in [0.25, 0.3) is 10.8 Å². The predicted molar refractivity (Wildman–Crippen MR) is 58.3 cm³/mol. The summed E-state index contributed by atoms with van der Waals surface area (Å²) >= 11 is 0. The maximum absolute atomic E-state index is 2.27. The molecule has 4 heteroatoms. The molecule has 0 heterocycles. The van der Waals surface area contributed by atoms with E-state index in [1.807, 2.05) is 0 Å². The Kier molecular flexibility index (Phi) is 13.7. The van der Waals surface area contributed by atoms with E-state index in [0.29, 0.717) is 0 Å². The molecule has 0 aliphatic heterocycles. The van der Waals surface area contributed by atoms with Crippen molar-refractivity contribution < 1.29 is 58.9 Å². The van der Waals surface area contributed by atoms with Crippen molar-refractivity contribution in [1.82, 2.24) is 0 Å². The van der Waals surface area contributed by atoms with Gasteiger partial charge in [-0.25, -0.2) is 0 Å². The van der Waals surface area contributed by atoms with Crippen LogP contribution >= 0.6 is 0 Å². The molecule has 0 saturated carbocycles. The van der Waals surface area contributed by atoms with Crippen LogP contribution in [0.2, 0.25) is 0 Å². The van der Waals surface area contributed by atoms with E-state index in [0.717, 1.165) is 12.8 Å². The summed E-state index contributed by atoms with van der Waals surface area (Å²) in [5.41, 5.74) is 2.94.